The molecule has 110 valence electrons. The lowest BCUT2D eigenvalue weighted by molar-refractivity contribution is -0.144. The minimum atomic E-state index is -1.04. The van der Waals surface area contributed by atoms with E-state index in [1.165, 1.54) is 6.07 Å². The summed E-state index contributed by atoms with van der Waals surface area (Å²) in [5.74, 6) is -3.02. The second kappa shape index (κ2) is 6.28. The molecule has 0 radical (unpaired) electrons. The number of carboxylic acids is 1. The molecule has 0 aliphatic carbocycles. The topological polar surface area (TPSA) is 43.8 Å². The van der Waals surface area contributed by atoms with Crippen molar-refractivity contribution in [3.8, 4) is 0 Å². The van der Waals surface area contributed by atoms with Gasteiger partial charge in [0.25, 0.3) is 0 Å². The van der Waals surface area contributed by atoms with Gasteiger partial charge < -0.3 is 10.0 Å². The van der Waals surface area contributed by atoms with Gasteiger partial charge in [-0.3, -0.25) is 9.69 Å². The van der Waals surface area contributed by atoms with Crippen molar-refractivity contribution in [1.82, 2.24) is 9.80 Å². The van der Waals surface area contributed by atoms with Crippen LogP contribution in [0.4, 0.5) is 8.78 Å². The summed E-state index contributed by atoms with van der Waals surface area (Å²) in [6, 6.07) is 2.36. The highest BCUT2D eigenvalue weighted by atomic mass is 19.2. The van der Waals surface area contributed by atoms with Crippen LogP contribution >= 0.6 is 0 Å². The van der Waals surface area contributed by atoms with Crippen molar-refractivity contribution in [2.45, 2.75) is 13.0 Å². The van der Waals surface area contributed by atoms with Gasteiger partial charge in [0.2, 0.25) is 0 Å². The molecule has 1 aromatic rings. The van der Waals surface area contributed by atoms with Crippen LogP contribution in [0.2, 0.25) is 0 Å². The number of rotatable bonds is 4. The molecule has 1 unspecified atom stereocenters. The molecular weight excluding hydrogens is 266 g/mol. The Morgan fingerprint density at radius 1 is 1.25 bits per heavy atom. The molecule has 1 atom stereocenters. The first-order valence-electron chi connectivity index (χ1n) is 6.67. The Kier molecular flexibility index (Phi) is 4.67. The number of likely N-dealkylation sites (N-methyl/N-ethyl adjacent to an activating group) is 1. The maximum atomic E-state index is 13.3. The van der Waals surface area contributed by atoms with Crippen molar-refractivity contribution in [1.29, 1.82) is 0 Å². The lowest BCUT2D eigenvalue weighted by atomic mass is 10.0. The maximum absolute atomic E-state index is 13.3. The summed E-state index contributed by atoms with van der Waals surface area (Å²) in [4.78, 5) is 15.5. The molecule has 0 bridgehead atoms. The molecule has 1 saturated heterocycles. The molecule has 1 fully saturated rings. The first-order chi connectivity index (χ1) is 9.52. The number of carboxylic acid groups (broad SMARTS) is 1. The Bertz CT molecular complexity index is 488. The average molecular weight is 284 g/mol. The van der Waals surface area contributed by atoms with Gasteiger partial charge in [0.1, 0.15) is 6.04 Å². The summed E-state index contributed by atoms with van der Waals surface area (Å²) in [5.41, 5.74) is 0.279. The Labute approximate surface area is 116 Å². The van der Waals surface area contributed by atoms with Gasteiger partial charge in [-0.1, -0.05) is 13.0 Å². The third-order valence-electron chi connectivity index (χ3n) is 3.71. The van der Waals surface area contributed by atoms with E-state index in [2.05, 4.69) is 11.8 Å². The quantitative estimate of drug-likeness (QED) is 0.914. The molecule has 0 spiro atoms. The Hall–Kier alpha value is -1.53. The van der Waals surface area contributed by atoms with Crippen LogP contribution in [0.1, 0.15) is 18.5 Å². The van der Waals surface area contributed by atoms with Crippen molar-refractivity contribution in [3.63, 3.8) is 0 Å². The van der Waals surface area contributed by atoms with Gasteiger partial charge in [0.15, 0.2) is 11.6 Å². The number of carbonyl (C=O) groups is 1. The van der Waals surface area contributed by atoms with Crippen LogP contribution in [0.25, 0.3) is 0 Å². The fraction of sp³-hybridized carbons (Fsp3) is 0.500. The van der Waals surface area contributed by atoms with Gasteiger partial charge in [-0.2, -0.15) is 0 Å². The van der Waals surface area contributed by atoms with E-state index >= 15 is 0 Å². The van der Waals surface area contributed by atoms with E-state index in [0.717, 1.165) is 31.8 Å². The third kappa shape index (κ3) is 3.13. The predicted octanol–water partition coefficient (Wildman–Crippen LogP) is 1.73. The molecule has 1 N–H and O–H groups in total. The third-order valence-corrected chi connectivity index (χ3v) is 3.71. The summed E-state index contributed by atoms with van der Waals surface area (Å²) in [6.45, 7) is 5.75. The Morgan fingerprint density at radius 2 is 1.90 bits per heavy atom. The van der Waals surface area contributed by atoms with Crippen LogP contribution in [-0.2, 0) is 4.79 Å². The van der Waals surface area contributed by atoms with E-state index in [4.69, 9.17) is 0 Å². The summed E-state index contributed by atoms with van der Waals surface area (Å²) in [6.07, 6.45) is 0. The SMILES string of the molecule is CCN1CCN(C(C(=O)O)c2ccc(F)c(F)c2)CC1. The summed E-state index contributed by atoms with van der Waals surface area (Å²) >= 11 is 0. The van der Waals surface area contributed by atoms with Crippen LogP contribution in [0.15, 0.2) is 18.2 Å². The van der Waals surface area contributed by atoms with E-state index < -0.39 is 23.6 Å². The summed E-state index contributed by atoms with van der Waals surface area (Å²) in [7, 11) is 0. The first-order valence-corrected chi connectivity index (χ1v) is 6.67. The van der Waals surface area contributed by atoms with Gasteiger partial charge in [-0.05, 0) is 24.2 Å². The van der Waals surface area contributed by atoms with Gasteiger partial charge in [0, 0.05) is 26.2 Å². The maximum Gasteiger partial charge on any atom is 0.325 e. The average Bonchev–Trinajstić information content (AvgIpc) is 2.43. The number of halogens is 2. The standard InChI is InChI=1S/C14H18F2N2O2/c1-2-17-5-7-18(8-6-17)13(14(19)20)10-3-4-11(15)12(16)9-10/h3-4,9,13H,2,5-8H2,1H3,(H,19,20). The fourth-order valence-electron chi connectivity index (χ4n) is 2.53. The minimum absolute atomic E-state index is 0.279. The van der Waals surface area contributed by atoms with Gasteiger partial charge in [-0.15, -0.1) is 0 Å². The van der Waals surface area contributed by atoms with E-state index in [9.17, 15) is 18.7 Å². The lowest BCUT2D eigenvalue weighted by Crippen LogP contribution is -2.49. The zero-order chi connectivity index (χ0) is 14.7. The number of benzene rings is 1. The smallest absolute Gasteiger partial charge is 0.325 e. The van der Waals surface area contributed by atoms with Crippen molar-refractivity contribution < 1.29 is 18.7 Å². The highest BCUT2D eigenvalue weighted by Gasteiger charge is 2.30. The minimum Gasteiger partial charge on any atom is -0.480 e. The highest BCUT2D eigenvalue weighted by Crippen LogP contribution is 2.24. The number of piperazine rings is 1. The second-order valence-corrected chi connectivity index (χ2v) is 4.88. The van der Waals surface area contributed by atoms with Gasteiger partial charge in [0.05, 0.1) is 0 Å². The van der Waals surface area contributed by atoms with E-state index in [-0.39, 0.29) is 5.56 Å². The molecule has 0 amide bonds. The normalized spacial score (nSPS) is 18.9. The molecule has 1 heterocycles. The van der Waals surface area contributed by atoms with Crippen molar-refractivity contribution in [2.75, 3.05) is 32.7 Å². The summed E-state index contributed by atoms with van der Waals surface area (Å²) < 4.78 is 26.3. The number of aliphatic carboxylic acids is 1. The zero-order valence-corrected chi connectivity index (χ0v) is 11.4. The van der Waals surface area contributed by atoms with Crippen LogP contribution in [0, 0.1) is 11.6 Å². The van der Waals surface area contributed by atoms with E-state index in [0.29, 0.717) is 13.1 Å². The molecule has 1 aliphatic heterocycles. The first kappa shape index (κ1) is 14.9. The molecule has 4 nitrogen and oxygen atoms in total. The Morgan fingerprint density at radius 3 is 2.40 bits per heavy atom. The van der Waals surface area contributed by atoms with Crippen LogP contribution in [0.5, 0.6) is 0 Å². The molecule has 1 aromatic carbocycles. The molecule has 1 aliphatic rings. The lowest BCUT2D eigenvalue weighted by Gasteiger charge is -2.37. The fourth-order valence-corrected chi connectivity index (χ4v) is 2.53. The van der Waals surface area contributed by atoms with Crippen molar-refractivity contribution in [3.05, 3.63) is 35.4 Å². The van der Waals surface area contributed by atoms with Crippen LogP contribution in [-0.4, -0.2) is 53.6 Å². The molecule has 2 rings (SSSR count). The largest absolute Gasteiger partial charge is 0.480 e. The number of hydrogen-bond donors (Lipinski definition) is 1. The van der Waals surface area contributed by atoms with Gasteiger partial charge in [-0.25, -0.2) is 8.78 Å². The molecular formula is C14H18F2N2O2. The van der Waals surface area contributed by atoms with Crippen LogP contribution < -0.4 is 0 Å². The zero-order valence-electron chi connectivity index (χ0n) is 11.4. The second-order valence-electron chi connectivity index (χ2n) is 4.88. The van der Waals surface area contributed by atoms with Gasteiger partial charge >= 0.3 is 5.97 Å². The monoisotopic (exact) mass is 284 g/mol. The van der Waals surface area contributed by atoms with Crippen molar-refractivity contribution in [2.24, 2.45) is 0 Å². The highest BCUT2D eigenvalue weighted by molar-refractivity contribution is 5.75. The molecule has 20 heavy (non-hydrogen) atoms. The Balaban J connectivity index is 2.19. The van der Waals surface area contributed by atoms with Crippen molar-refractivity contribution >= 4 is 5.97 Å². The molecule has 0 aromatic heterocycles. The molecule has 0 saturated carbocycles. The molecule has 6 heteroatoms. The number of hydrogen-bond acceptors (Lipinski definition) is 3. The van der Waals surface area contributed by atoms with E-state index in [1.54, 1.807) is 4.90 Å². The predicted molar refractivity (Wildman–Crippen MR) is 70.4 cm³/mol. The number of nitrogens with zero attached hydrogens (tertiary/aromatic N) is 2. The van der Waals surface area contributed by atoms with Crippen LogP contribution in [0.3, 0.4) is 0 Å². The summed E-state index contributed by atoms with van der Waals surface area (Å²) in [5, 5.41) is 9.39. The van der Waals surface area contributed by atoms with E-state index in [1.807, 2.05) is 0 Å².